The van der Waals surface area contributed by atoms with E-state index in [1.165, 1.54) is 0 Å². The summed E-state index contributed by atoms with van der Waals surface area (Å²) in [5.74, 6) is 1.50. The van der Waals surface area contributed by atoms with Crippen molar-refractivity contribution in [1.29, 1.82) is 0 Å². The molecule has 0 spiro atoms. The third-order valence-corrected chi connectivity index (χ3v) is 7.73. The quantitative estimate of drug-likeness (QED) is 0.336. The second-order valence-corrected chi connectivity index (χ2v) is 10.4. The van der Waals surface area contributed by atoms with Gasteiger partial charge in [0.25, 0.3) is 5.56 Å². The number of nitrogens with one attached hydrogen (secondary N) is 1. The van der Waals surface area contributed by atoms with E-state index in [0.717, 1.165) is 65.2 Å². The van der Waals surface area contributed by atoms with Crippen LogP contribution in [0.4, 0.5) is 5.69 Å². The lowest BCUT2D eigenvalue weighted by Gasteiger charge is -2.39. The van der Waals surface area contributed by atoms with Crippen LogP contribution in [0, 0.1) is 13.8 Å². The number of rotatable bonds is 7. The van der Waals surface area contributed by atoms with Gasteiger partial charge in [0.15, 0.2) is 5.82 Å². The molecule has 0 aliphatic carbocycles. The maximum atomic E-state index is 13.7. The Labute approximate surface area is 233 Å². The number of ether oxygens (including phenoxy) is 1. The number of fused-ring (bicyclic) bond motifs is 1. The number of aromatic amines is 1. The number of anilines is 1. The number of aryl methyl sites for hydroxylation is 2. The highest BCUT2D eigenvalue weighted by Gasteiger charge is 2.33. The number of hydrogen-bond acceptors (Lipinski definition) is 7. The van der Waals surface area contributed by atoms with E-state index in [1.807, 2.05) is 54.1 Å². The third-order valence-electron chi connectivity index (χ3n) is 7.73. The summed E-state index contributed by atoms with van der Waals surface area (Å²) in [6.45, 7) is 7.77. The zero-order chi connectivity index (χ0) is 27.6. The molecule has 6 rings (SSSR count). The van der Waals surface area contributed by atoms with Crippen molar-refractivity contribution < 1.29 is 4.74 Å². The molecule has 1 saturated heterocycles. The van der Waals surface area contributed by atoms with Gasteiger partial charge in [-0.15, -0.1) is 5.10 Å². The SMILES string of the molecule is COc1ccc(N2CCN(C(c3cc4c(C)cc(C)cc4[nH]c3=O)c3nnnn3Cc3ccccc3)CC2)cc1. The monoisotopic (exact) mass is 535 g/mol. The van der Waals surface area contributed by atoms with Gasteiger partial charge in [0.2, 0.25) is 0 Å². The Morgan fingerprint density at radius 2 is 1.70 bits per heavy atom. The number of aromatic nitrogens is 5. The molecule has 1 aliphatic heterocycles. The lowest BCUT2D eigenvalue weighted by Crippen LogP contribution is -2.49. The van der Waals surface area contributed by atoms with Gasteiger partial charge in [-0.25, -0.2) is 4.68 Å². The molecule has 1 unspecified atom stereocenters. The summed E-state index contributed by atoms with van der Waals surface area (Å²) in [6, 6.07) is 24.1. The number of piperazine rings is 1. The van der Waals surface area contributed by atoms with E-state index >= 15 is 0 Å². The molecule has 3 heterocycles. The normalized spacial score (nSPS) is 14.9. The van der Waals surface area contributed by atoms with Crippen molar-refractivity contribution in [1.82, 2.24) is 30.1 Å². The highest BCUT2D eigenvalue weighted by Crippen LogP contribution is 2.30. The Balaban J connectivity index is 1.38. The van der Waals surface area contributed by atoms with Crippen molar-refractivity contribution in [2.24, 2.45) is 0 Å². The summed E-state index contributed by atoms with van der Waals surface area (Å²) < 4.78 is 7.15. The first-order valence-electron chi connectivity index (χ1n) is 13.6. The van der Waals surface area contributed by atoms with Gasteiger partial charge in [-0.3, -0.25) is 9.69 Å². The minimum atomic E-state index is -0.398. The van der Waals surface area contributed by atoms with Gasteiger partial charge in [-0.05, 0) is 77.4 Å². The molecule has 3 aromatic carbocycles. The van der Waals surface area contributed by atoms with E-state index in [0.29, 0.717) is 17.9 Å². The first-order chi connectivity index (χ1) is 19.5. The first kappa shape index (κ1) is 25.8. The van der Waals surface area contributed by atoms with Crippen LogP contribution in [0.3, 0.4) is 0 Å². The predicted molar refractivity (Wildman–Crippen MR) is 156 cm³/mol. The summed E-state index contributed by atoms with van der Waals surface area (Å²) in [5.41, 5.74) is 5.87. The molecule has 0 bridgehead atoms. The maximum Gasteiger partial charge on any atom is 0.253 e. The highest BCUT2D eigenvalue weighted by molar-refractivity contribution is 5.83. The Morgan fingerprint density at radius 3 is 2.42 bits per heavy atom. The van der Waals surface area contributed by atoms with Crippen LogP contribution in [0.2, 0.25) is 0 Å². The van der Waals surface area contributed by atoms with Crippen LogP contribution >= 0.6 is 0 Å². The topological polar surface area (TPSA) is 92.2 Å². The summed E-state index contributed by atoms with van der Waals surface area (Å²) in [6.07, 6.45) is 0. The number of tetrazole rings is 1. The largest absolute Gasteiger partial charge is 0.497 e. The molecule has 9 heteroatoms. The summed E-state index contributed by atoms with van der Waals surface area (Å²) in [5, 5.41) is 13.9. The van der Waals surface area contributed by atoms with Crippen molar-refractivity contribution in [2.75, 3.05) is 38.2 Å². The Morgan fingerprint density at radius 1 is 0.950 bits per heavy atom. The van der Waals surface area contributed by atoms with Crippen molar-refractivity contribution >= 4 is 16.6 Å². The average molecular weight is 536 g/mol. The molecule has 0 radical (unpaired) electrons. The standard InChI is InChI=1S/C31H33N7O2/c1-21-17-22(2)26-19-27(31(39)32-28(26)18-21)29(30-33-34-35-38(30)20-23-7-5-4-6-8-23)37-15-13-36(14-16-37)24-9-11-25(40-3)12-10-24/h4-12,17-19,29H,13-16,20H2,1-3H3,(H,32,39). The maximum absolute atomic E-state index is 13.7. The van der Waals surface area contributed by atoms with Crippen LogP contribution in [0.5, 0.6) is 5.75 Å². The van der Waals surface area contributed by atoms with Gasteiger partial charge in [0.1, 0.15) is 11.8 Å². The first-order valence-corrected chi connectivity index (χ1v) is 13.6. The fourth-order valence-electron chi connectivity index (χ4n) is 5.70. The van der Waals surface area contributed by atoms with E-state index in [1.54, 1.807) is 7.11 Å². The van der Waals surface area contributed by atoms with Gasteiger partial charge in [0.05, 0.1) is 13.7 Å². The molecule has 1 N–H and O–H groups in total. The van der Waals surface area contributed by atoms with Crippen LogP contribution in [0.1, 0.15) is 34.1 Å². The number of hydrogen-bond donors (Lipinski definition) is 1. The lowest BCUT2D eigenvalue weighted by atomic mass is 9.99. The molecular weight excluding hydrogens is 502 g/mol. The number of nitrogens with zero attached hydrogens (tertiary/aromatic N) is 6. The second-order valence-electron chi connectivity index (χ2n) is 10.4. The predicted octanol–water partition coefficient (Wildman–Crippen LogP) is 4.10. The van der Waals surface area contributed by atoms with Crippen LogP contribution in [0.15, 0.2) is 77.6 Å². The minimum absolute atomic E-state index is 0.116. The molecule has 40 heavy (non-hydrogen) atoms. The molecule has 1 atom stereocenters. The van der Waals surface area contributed by atoms with Crippen LogP contribution in [0.25, 0.3) is 10.9 Å². The lowest BCUT2D eigenvalue weighted by molar-refractivity contribution is 0.200. The summed E-state index contributed by atoms with van der Waals surface area (Å²) >= 11 is 0. The van der Waals surface area contributed by atoms with E-state index in [9.17, 15) is 4.79 Å². The van der Waals surface area contributed by atoms with Crippen LogP contribution in [-0.4, -0.2) is 63.4 Å². The molecule has 2 aromatic heterocycles. The van der Waals surface area contributed by atoms with E-state index in [4.69, 9.17) is 4.74 Å². The molecule has 0 amide bonds. The smallest absolute Gasteiger partial charge is 0.253 e. The minimum Gasteiger partial charge on any atom is -0.497 e. The van der Waals surface area contributed by atoms with Gasteiger partial charge in [0, 0.05) is 48.3 Å². The summed E-state index contributed by atoms with van der Waals surface area (Å²) in [4.78, 5) is 21.5. The highest BCUT2D eigenvalue weighted by atomic mass is 16.5. The Kier molecular flexibility index (Phi) is 7.04. The summed E-state index contributed by atoms with van der Waals surface area (Å²) in [7, 11) is 1.68. The molecule has 1 aliphatic rings. The molecule has 0 saturated carbocycles. The van der Waals surface area contributed by atoms with E-state index < -0.39 is 6.04 Å². The van der Waals surface area contributed by atoms with Gasteiger partial charge >= 0.3 is 0 Å². The van der Waals surface area contributed by atoms with E-state index in [2.05, 4.69) is 67.6 Å². The van der Waals surface area contributed by atoms with Crippen LogP contribution in [-0.2, 0) is 6.54 Å². The van der Waals surface area contributed by atoms with E-state index in [-0.39, 0.29) is 5.56 Å². The van der Waals surface area contributed by atoms with Crippen molar-refractivity contribution in [3.8, 4) is 5.75 Å². The molecule has 1 fully saturated rings. The number of pyridine rings is 1. The van der Waals surface area contributed by atoms with Gasteiger partial charge in [-0.2, -0.15) is 0 Å². The Hall–Kier alpha value is -4.50. The zero-order valence-electron chi connectivity index (χ0n) is 23.0. The molecular formula is C31H33N7O2. The van der Waals surface area contributed by atoms with Crippen molar-refractivity contribution in [2.45, 2.75) is 26.4 Å². The fraction of sp³-hybridized carbons (Fsp3) is 0.290. The number of benzene rings is 3. The van der Waals surface area contributed by atoms with Gasteiger partial charge in [-0.1, -0.05) is 36.4 Å². The van der Waals surface area contributed by atoms with Crippen LogP contribution < -0.4 is 15.2 Å². The number of H-pyrrole nitrogens is 1. The van der Waals surface area contributed by atoms with Crippen molar-refractivity contribution in [3.05, 3.63) is 111 Å². The van der Waals surface area contributed by atoms with Gasteiger partial charge < -0.3 is 14.6 Å². The fourth-order valence-corrected chi connectivity index (χ4v) is 5.70. The molecule has 5 aromatic rings. The second kappa shape index (κ2) is 10.9. The third kappa shape index (κ3) is 5.08. The zero-order valence-corrected chi connectivity index (χ0v) is 23.0. The number of methoxy groups -OCH3 is 1. The molecule has 204 valence electrons. The Bertz CT molecular complexity index is 1670. The average Bonchev–Trinajstić information content (AvgIpc) is 3.42. The van der Waals surface area contributed by atoms with Crippen molar-refractivity contribution in [3.63, 3.8) is 0 Å². The molecule has 9 nitrogen and oxygen atoms in total.